The molecule has 0 spiro atoms. The SMILES string of the molecule is Cc1c(C(=O)NC2CCc3nn(CCC(C)C)c(=O)n3CC2)n(C)c2c(C)cccc12. The first kappa shape index (κ1) is 21.4. The molecule has 31 heavy (non-hydrogen) atoms. The number of amides is 1. The van der Waals surface area contributed by atoms with Crippen LogP contribution in [0.15, 0.2) is 23.0 Å². The van der Waals surface area contributed by atoms with Crippen LogP contribution in [0, 0.1) is 19.8 Å². The van der Waals surface area contributed by atoms with E-state index in [1.165, 1.54) is 0 Å². The smallest absolute Gasteiger partial charge is 0.345 e. The summed E-state index contributed by atoms with van der Waals surface area (Å²) in [6.07, 6.45) is 3.16. The molecular weight excluding hydrogens is 390 g/mol. The van der Waals surface area contributed by atoms with Gasteiger partial charge in [-0.05, 0) is 50.2 Å². The maximum absolute atomic E-state index is 13.2. The zero-order valence-corrected chi connectivity index (χ0v) is 19.2. The molecule has 1 amide bonds. The molecule has 1 aliphatic heterocycles. The zero-order chi connectivity index (χ0) is 22.3. The minimum Gasteiger partial charge on any atom is -0.348 e. The van der Waals surface area contributed by atoms with Gasteiger partial charge in [-0.15, -0.1) is 0 Å². The summed E-state index contributed by atoms with van der Waals surface area (Å²) < 4.78 is 5.40. The second-order valence-electron chi connectivity index (χ2n) is 9.26. The molecule has 0 radical (unpaired) electrons. The summed E-state index contributed by atoms with van der Waals surface area (Å²) >= 11 is 0. The molecule has 7 nitrogen and oxygen atoms in total. The molecule has 0 aliphatic carbocycles. The third-order valence-electron chi connectivity index (χ3n) is 6.55. The van der Waals surface area contributed by atoms with Crippen LogP contribution in [0.25, 0.3) is 10.9 Å². The number of aryl methyl sites for hydroxylation is 5. The van der Waals surface area contributed by atoms with Crippen LogP contribution in [0.4, 0.5) is 0 Å². The van der Waals surface area contributed by atoms with E-state index in [2.05, 4.69) is 43.3 Å². The number of benzene rings is 1. The van der Waals surface area contributed by atoms with Gasteiger partial charge in [0.05, 0.1) is 5.52 Å². The van der Waals surface area contributed by atoms with Gasteiger partial charge in [0.1, 0.15) is 11.5 Å². The maximum atomic E-state index is 13.2. The number of carbonyl (C=O) groups is 1. The fourth-order valence-corrected chi connectivity index (χ4v) is 4.77. The largest absolute Gasteiger partial charge is 0.348 e. The molecule has 4 rings (SSSR count). The van der Waals surface area contributed by atoms with Crippen molar-refractivity contribution in [1.82, 2.24) is 24.2 Å². The molecule has 1 aliphatic rings. The fraction of sp³-hybridized carbons (Fsp3) is 0.542. The van der Waals surface area contributed by atoms with Gasteiger partial charge in [0, 0.05) is 38.0 Å². The molecule has 1 unspecified atom stereocenters. The highest BCUT2D eigenvalue weighted by molar-refractivity contribution is 6.02. The van der Waals surface area contributed by atoms with Crippen LogP contribution < -0.4 is 11.0 Å². The van der Waals surface area contributed by atoms with Crippen LogP contribution in [-0.4, -0.2) is 30.9 Å². The Labute approximate surface area is 183 Å². The van der Waals surface area contributed by atoms with Crippen molar-refractivity contribution in [2.24, 2.45) is 13.0 Å². The molecule has 7 heteroatoms. The number of nitrogens with one attached hydrogen (secondary N) is 1. The molecule has 1 atom stereocenters. The van der Waals surface area contributed by atoms with Crippen LogP contribution in [0.1, 0.15) is 60.5 Å². The Balaban J connectivity index is 1.49. The molecule has 1 N–H and O–H groups in total. The van der Waals surface area contributed by atoms with E-state index in [9.17, 15) is 9.59 Å². The van der Waals surface area contributed by atoms with Crippen LogP contribution >= 0.6 is 0 Å². The summed E-state index contributed by atoms with van der Waals surface area (Å²) in [7, 11) is 1.96. The van der Waals surface area contributed by atoms with Crippen molar-refractivity contribution in [3.05, 3.63) is 51.3 Å². The number of para-hydroxylation sites is 1. The fourth-order valence-electron chi connectivity index (χ4n) is 4.77. The average molecular weight is 424 g/mol. The summed E-state index contributed by atoms with van der Waals surface area (Å²) in [5.41, 5.74) is 3.96. The highest BCUT2D eigenvalue weighted by Gasteiger charge is 2.25. The van der Waals surface area contributed by atoms with Crippen molar-refractivity contribution >= 4 is 16.8 Å². The number of rotatable bonds is 5. The first-order valence-corrected chi connectivity index (χ1v) is 11.3. The van der Waals surface area contributed by atoms with Crippen molar-refractivity contribution in [3.63, 3.8) is 0 Å². The normalized spacial score (nSPS) is 16.5. The summed E-state index contributed by atoms with van der Waals surface area (Å²) in [6.45, 7) is 9.64. The number of hydrogen-bond acceptors (Lipinski definition) is 3. The lowest BCUT2D eigenvalue weighted by molar-refractivity contribution is 0.0924. The van der Waals surface area contributed by atoms with E-state index < -0.39 is 0 Å². The van der Waals surface area contributed by atoms with Gasteiger partial charge in [0.25, 0.3) is 5.91 Å². The predicted octanol–water partition coefficient (Wildman–Crippen LogP) is 3.33. The quantitative estimate of drug-likeness (QED) is 0.684. The summed E-state index contributed by atoms with van der Waals surface area (Å²) in [6, 6.07) is 6.21. The minimum absolute atomic E-state index is 0.0243. The maximum Gasteiger partial charge on any atom is 0.345 e. The summed E-state index contributed by atoms with van der Waals surface area (Å²) in [5, 5.41) is 8.92. The Morgan fingerprint density at radius 3 is 2.74 bits per heavy atom. The van der Waals surface area contributed by atoms with Gasteiger partial charge in [0.15, 0.2) is 0 Å². The molecule has 0 saturated heterocycles. The molecule has 3 aromatic rings. The Hall–Kier alpha value is -2.83. The lowest BCUT2D eigenvalue weighted by Crippen LogP contribution is -2.37. The number of nitrogens with zero attached hydrogens (tertiary/aromatic N) is 4. The van der Waals surface area contributed by atoms with E-state index in [0.717, 1.165) is 47.1 Å². The van der Waals surface area contributed by atoms with Crippen molar-refractivity contribution < 1.29 is 4.79 Å². The van der Waals surface area contributed by atoms with Crippen LogP contribution in [0.2, 0.25) is 0 Å². The third kappa shape index (κ3) is 3.93. The summed E-state index contributed by atoms with van der Waals surface area (Å²) in [5.74, 6) is 1.32. The number of fused-ring (bicyclic) bond motifs is 2. The van der Waals surface area contributed by atoms with Gasteiger partial charge >= 0.3 is 5.69 Å². The van der Waals surface area contributed by atoms with E-state index in [1.807, 2.05) is 24.6 Å². The molecular formula is C24H33N5O2. The number of carbonyl (C=O) groups excluding carboxylic acids is 1. The monoisotopic (exact) mass is 423 g/mol. The second kappa shape index (κ2) is 8.36. The van der Waals surface area contributed by atoms with Crippen molar-refractivity contribution in [2.75, 3.05) is 0 Å². The topological polar surface area (TPSA) is 73.8 Å². The standard InChI is InChI=1S/C24H33N5O2/c1-15(2)11-14-29-24(31)28-13-12-18(9-10-20(28)26-29)25-23(30)22-17(4)19-8-6-7-16(3)21(19)27(22)5/h6-8,15,18H,9-14H2,1-5H3,(H,25,30). The highest BCUT2D eigenvalue weighted by atomic mass is 16.2. The first-order chi connectivity index (χ1) is 14.8. The van der Waals surface area contributed by atoms with Crippen LogP contribution in [0.5, 0.6) is 0 Å². The first-order valence-electron chi connectivity index (χ1n) is 11.3. The molecule has 166 valence electrons. The third-order valence-corrected chi connectivity index (χ3v) is 6.55. The number of aromatic nitrogens is 4. The van der Waals surface area contributed by atoms with E-state index in [1.54, 1.807) is 9.25 Å². The molecule has 0 fully saturated rings. The molecule has 2 aromatic heterocycles. The van der Waals surface area contributed by atoms with E-state index >= 15 is 0 Å². The lowest BCUT2D eigenvalue weighted by atomic mass is 10.1. The van der Waals surface area contributed by atoms with Gasteiger partial charge in [0.2, 0.25) is 0 Å². The zero-order valence-electron chi connectivity index (χ0n) is 19.2. The predicted molar refractivity (Wildman–Crippen MR) is 123 cm³/mol. The van der Waals surface area contributed by atoms with Gasteiger partial charge in [-0.25, -0.2) is 9.48 Å². The Bertz CT molecular complexity index is 1180. The van der Waals surface area contributed by atoms with Crippen molar-refractivity contribution in [1.29, 1.82) is 0 Å². The van der Waals surface area contributed by atoms with E-state index in [0.29, 0.717) is 31.1 Å². The Morgan fingerprint density at radius 2 is 2.03 bits per heavy atom. The molecule has 1 aromatic carbocycles. The molecule has 0 saturated carbocycles. The van der Waals surface area contributed by atoms with E-state index in [-0.39, 0.29) is 17.6 Å². The lowest BCUT2D eigenvalue weighted by Gasteiger charge is -2.17. The van der Waals surface area contributed by atoms with Crippen LogP contribution in [0.3, 0.4) is 0 Å². The Kier molecular flexibility index (Phi) is 5.77. The van der Waals surface area contributed by atoms with Gasteiger partial charge in [-0.2, -0.15) is 5.10 Å². The van der Waals surface area contributed by atoms with Crippen molar-refractivity contribution in [3.8, 4) is 0 Å². The molecule has 3 heterocycles. The van der Waals surface area contributed by atoms with Gasteiger partial charge in [-0.1, -0.05) is 32.0 Å². The molecule has 0 bridgehead atoms. The van der Waals surface area contributed by atoms with Gasteiger partial charge < -0.3 is 9.88 Å². The second-order valence-corrected chi connectivity index (χ2v) is 9.26. The average Bonchev–Trinajstić information content (AvgIpc) is 3.06. The van der Waals surface area contributed by atoms with Crippen molar-refractivity contribution in [2.45, 2.75) is 72.5 Å². The highest BCUT2D eigenvalue weighted by Crippen LogP contribution is 2.27. The van der Waals surface area contributed by atoms with E-state index in [4.69, 9.17) is 0 Å². The Morgan fingerprint density at radius 1 is 1.26 bits per heavy atom. The minimum atomic E-state index is -0.0468. The summed E-state index contributed by atoms with van der Waals surface area (Å²) in [4.78, 5) is 25.9. The number of hydrogen-bond donors (Lipinski definition) is 1. The van der Waals surface area contributed by atoms with Gasteiger partial charge in [-0.3, -0.25) is 9.36 Å². The van der Waals surface area contributed by atoms with Crippen LogP contribution in [-0.2, 0) is 26.6 Å².